The van der Waals surface area contributed by atoms with E-state index in [1.807, 2.05) is 26.1 Å². The zero-order valence-corrected chi connectivity index (χ0v) is 16.9. The lowest BCUT2D eigenvalue weighted by molar-refractivity contribution is 0.202. The minimum atomic E-state index is -0.681. The Morgan fingerprint density at radius 1 is 1.21 bits per heavy atom. The lowest BCUT2D eigenvalue weighted by atomic mass is 9.94. The minimum absolute atomic E-state index is 0.0181. The molecule has 1 fully saturated rings. The van der Waals surface area contributed by atoms with Crippen molar-refractivity contribution in [3.05, 3.63) is 35.4 Å². The van der Waals surface area contributed by atoms with Gasteiger partial charge in [-0.2, -0.15) is 10.2 Å². The number of rotatable bonds is 2. The van der Waals surface area contributed by atoms with Gasteiger partial charge in [-0.25, -0.2) is 23.6 Å². The number of fused-ring (bicyclic) bond motifs is 2. The van der Waals surface area contributed by atoms with Gasteiger partial charge in [0.1, 0.15) is 18.3 Å². The average Bonchev–Trinajstić information content (AvgIpc) is 3.27. The van der Waals surface area contributed by atoms with Crippen molar-refractivity contribution in [3.8, 4) is 0 Å². The molecule has 1 aliphatic carbocycles. The molecule has 0 spiro atoms. The maximum absolute atomic E-state index is 13.6. The fraction of sp³-hybridized carbons (Fsp3) is 0.500. The normalized spacial score (nSPS) is 24.1. The Morgan fingerprint density at radius 3 is 2.79 bits per heavy atom. The molecule has 1 atom stereocenters. The molecule has 152 valence electrons. The molecule has 2 N–H and O–H groups in total. The van der Waals surface area contributed by atoms with Crippen molar-refractivity contribution in [1.29, 1.82) is 0 Å². The number of alkyl halides is 1. The highest BCUT2D eigenvalue weighted by Gasteiger charge is 2.31. The number of aromatic nitrogens is 5. The van der Waals surface area contributed by atoms with E-state index >= 15 is 0 Å². The molecule has 3 aromatic rings. The lowest BCUT2D eigenvalue weighted by Gasteiger charge is -2.28. The van der Waals surface area contributed by atoms with Crippen molar-refractivity contribution < 1.29 is 4.39 Å². The Kier molecular flexibility index (Phi) is 4.25. The predicted octanol–water partition coefficient (Wildman–Crippen LogP) is 3.95. The number of aliphatic imine (C=N–C) groups is 1. The van der Waals surface area contributed by atoms with E-state index in [0.717, 1.165) is 46.8 Å². The molecule has 29 heavy (non-hydrogen) atoms. The first-order chi connectivity index (χ1) is 14.0. The first-order valence-corrected chi connectivity index (χ1v) is 10.1. The maximum Gasteiger partial charge on any atom is 0.202 e. The number of hydrogen-bond donors (Lipinski definition) is 2. The number of nitrogens with one attached hydrogen (secondary N) is 2. The van der Waals surface area contributed by atoms with Gasteiger partial charge in [-0.1, -0.05) is 0 Å². The van der Waals surface area contributed by atoms with Gasteiger partial charge in [0.15, 0.2) is 5.65 Å². The highest BCUT2D eigenvalue weighted by Crippen LogP contribution is 2.38. The first-order valence-electron chi connectivity index (χ1n) is 10.1. The molecule has 1 unspecified atom stereocenters. The summed E-state index contributed by atoms with van der Waals surface area (Å²) < 4.78 is 17.4. The van der Waals surface area contributed by atoms with Gasteiger partial charge in [0.2, 0.25) is 5.96 Å². The molecule has 0 aromatic carbocycles. The smallest absolute Gasteiger partial charge is 0.202 e. The molecule has 0 radical (unpaired) electrons. The van der Waals surface area contributed by atoms with Crippen LogP contribution in [-0.4, -0.2) is 36.5 Å². The molecular weight excluding hydrogens is 371 g/mol. The SMILES string of the molecule is Cc1cc2ncnn2cc1NC1=NC(C)c2c(C)nn(C3CCC(F)CC3)c2N1. The van der Waals surface area contributed by atoms with E-state index in [1.54, 1.807) is 4.52 Å². The van der Waals surface area contributed by atoms with Gasteiger partial charge in [0.25, 0.3) is 0 Å². The summed E-state index contributed by atoms with van der Waals surface area (Å²) in [6.45, 7) is 6.12. The first kappa shape index (κ1) is 18.1. The van der Waals surface area contributed by atoms with Crippen LogP contribution in [0.5, 0.6) is 0 Å². The van der Waals surface area contributed by atoms with Crippen molar-refractivity contribution in [2.75, 3.05) is 10.6 Å². The molecule has 8 nitrogen and oxygen atoms in total. The zero-order chi connectivity index (χ0) is 20.1. The highest BCUT2D eigenvalue weighted by atomic mass is 19.1. The van der Waals surface area contributed by atoms with Gasteiger partial charge >= 0.3 is 0 Å². The molecule has 3 aromatic heterocycles. The Morgan fingerprint density at radius 2 is 2.00 bits per heavy atom. The van der Waals surface area contributed by atoms with E-state index in [0.29, 0.717) is 18.8 Å². The number of pyridine rings is 1. The van der Waals surface area contributed by atoms with Crippen LogP contribution in [0.15, 0.2) is 23.6 Å². The van der Waals surface area contributed by atoms with Crippen molar-refractivity contribution in [2.45, 2.75) is 64.7 Å². The Bertz CT molecular complexity index is 1090. The number of nitrogens with zero attached hydrogens (tertiary/aromatic N) is 6. The number of aryl methyl sites for hydroxylation is 2. The summed E-state index contributed by atoms with van der Waals surface area (Å²) in [7, 11) is 0. The summed E-state index contributed by atoms with van der Waals surface area (Å²) in [6, 6.07) is 2.18. The van der Waals surface area contributed by atoms with Crippen LogP contribution in [0.1, 0.15) is 61.5 Å². The fourth-order valence-electron chi connectivity index (χ4n) is 4.41. The van der Waals surface area contributed by atoms with Gasteiger partial charge in [-0.15, -0.1) is 0 Å². The van der Waals surface area contributed by atoms with Crippen LogP contribution in [0.3, 0.4) is 0 Å². The molecular formula is C20H25FN8. The van der Waals surface area contributed by atoms with E-state index in [1.165, 1.54) is 6.33 Å². The summed E-state index contributed by atoms with van der Waals surface area (Å²) >= 11 is 0. The van der Waals surface area contributed by atoms with Crippen molar-refractivity contribution >= 4 is 23.1 Å². The van der Waals surface area contributed by atoms with Crippen molar-refractivity contribution in [1.82, 2.24) is 24.4 Å². The van der Waals surface area contributed by atoms with Crippen LogP contribution in [0, 0.1) is 13.8 Å². The lowest BCUT2D eigenvalue weighted by Crippen LogP contribution is -2.30. The molecule has 0 amide bonds. The van der Waals surface area contributed by atoms with E-state index in [-0.39, 0.29) is 12.1 Å². The second-order valence-electron chi connectivity index (χ2n) is 8.03. The van der Waals surface area contributed by atoms with Crippen LogP contribution >= 0.6 is 0 Å². The molecule has 0 saturated heterocycles. The van der Waals surface area contributed by atoms with E-state index < -0.39 is 6.17 Å². The number of guanidine groups is 1. The molecule has 1 aliphatic heterocycles. The monoisotopic (exact) mass is 396 g/mol. The Balaban J connectivity index is 1.45. The summed E-state index contributed by atoms with van der Waals surface area (Å²) in [6.07, 6.45) is 5.59. The van der Waals surface area contributed by atoms with Crippen LogP contribution in [0.4, 0.5) is 15.9 Å². The topological polar surface area (TPSA) is 84.4 Å². The second-order valence-corrected chi connectivity index (χ2v) is 8.03. The van der Waals surface area contributed by atoms with Gasteiger partial charge in [-0.05, 0) is 58.1 Å². The van der Waals surface area contributed by atoms with Crippen LogP contribution in [0.25, 0.3) is 5.65 Å². The number of halogens is 1. The predicted molar refractivity (Wildman–Crippen MR) is 110 cm³/mol. The fourth-order valence-corrected chi connectivity index (χ4v) is 4.41. The van der Waals surface area contributed by atoms with E-state index in [2.05, 4.69) is 32.3 Å². The van der Waals surface area contributed by atoms with Gasteiger partial charge in [0.05, 0.1) is 29.7 Å². The van der Waals surface area contributed by atoms with E-state index in [4.69, 9.17) is 10.1 Å². The van der Waals surface area contributed by atoms with Crippen LogP contribution < -0.4 is 10.6 Å². The molecule has 0 bridgehead atoms. The molecule has 5 rings (SSSR count). The highest BCUT2D eigenvalue weighted by molar-refractivity contribution is 6.05. The van der Waals surface area contributed by atoms with Gasteiger partial charge in [-0.3, -0.25) is 0 Å². The second kappa shape index (κ2) is 6.82. The quantitative estimate of drug-likeness (QED) is 0.685. The standard InChI is InChI=1S/C20H25FN8/c1-11-8-17-22-10-23-28(17)9-16(11)25-20-24-12(2)18-13(3)27-29(19(18)26-20)15-6-4-14(21)5-7-15/h8-10,12,14-15H,4-7H2,1-3H3,(H2,24,25,26). The van der Waals surface area contributed by atoms with Gasteiger partial charge < -0.3 is 10.6 Å². The number of hydrogen-bond acceptors (Lipinski definition) is 6. The average molecular weight is 396 g/mol. The summed E-state index contributed by atoms with van der Waals surface area (Å²) in [5, 5.41) is 15.8. The molecule has 9 heteroatoms. The van der Waals surface area contributed by atoms with Crippen LogP contribution in [-0.2, 0) is 0 Å². The summed E-state index contributed by atoms with van der Waals surface area (Å²) in [5.41, 5.74) is 4.86. The Hall–Kier alpha value is -2.97. The minimum Gasteiger partial charge on any atom is -0.324 e. The molecule has 4 heterocycles. The zero-order valence-electron chi connectivity index (χ0n) is 16.9. The largest absolute Gasteiger partial charge is 0.324 e. The number of anilines is 2. The third-order valence-corrected chi connectivity index (χ3v) is 5.96. The molecule has 2 aliphatic rings. The van der Waals surface area contributed by atoms with Crippen molar-refractivity contribution in [2.24, 2.45) is 4.99 Å². The van der Waals surface area contributed by atoms with Gasteiger partial charge in [0, 0.05) is 5.56 Å². The summed E-state index contributed by atoms with van der Waals surface area (Å²) in [5.74, 6) is 1.64. The maximum atomic E-state index is 13.6. The third-order valence-electron chi connectivity index (χ3n) is 5.96. The van der Waals surface area contributed by atoms with Crippen LogP contribution in [0.2, 0.25) is 0 Å². The third kappa shape index (κ3) is 3.14. The van der Waals surface area contributed by atoms with Crippen molar-refractivity contribution in [3.63, 3.8) is 0 Å². The molecule has 1 saturated carbocycles. The Labute approximate surface area is 168 Å². The van der Waals surface area contributed by atoms with E-state index in [9.17, 15) is 4.39 Å². The summed E-state index contributed by atoms with van der Waals surface area (Å²) in [4.78, 5) is 9.02.